The molecule has 8 aromatic rings. The molecular weight excluding hydrogens is 572 g/mol. The summed E-state index contributed by atoms with van der Waals surface area (Å²) in [5.41, 5.74) is 9.15. The first-order valence-corrected chi connectivity index (χ1v) is 15.5. The number of benzene rings is 8. The number of hydrogen-bond donors (Lipinski definition) is 0. The Kier molecular flexibility index (Phi) is 5.56. The fraction of sp³-hybridized carbons (Fsp3) is 0.122. The van der Waals surface area contributed by atoms with Crippen LogP contribution >= 0.6 is 15.9 Å². The average Bonchev–Trinajstić information content (AvgIpc) is 2.96. The third-order valence-corrected chi connectivity index (χ3v) is 9.88. The average molecular weight is 604 g/mol. The standard InChI is InChI=1S/C41H31Br/c1-22-14-24(3)31-20-35(39-29-12-8-6-10-27(29)18-26(5)38(39)33(31)16-22)36-21-32-25(4)15-23(2)17-34(32)41-37(42)19-28-11-7-9-13-30(28)40(36)41/h6-21H,1-5H3. The van der Waals surface area contributed by atoms with Gasteiger partial charge < -0.3 is 0 Å². The van der Waals surface area contributed by atoms with E-state index < -0.39 is 0 Å². The van der Waals surface area contributed by atoms with E-state index in [1.165, 1.54) is 104 Å². The van der Waals surface area contributed by atoms with Crippen LogP contribution in [0.4, 0.5) is 0 Å². The van der Waals surface area contributed by atoms with Gasteiger partial charge >= 0.3 is 0 Å². The fourth-order valence-electron chi connectivity index (χ4n) is 7.58. The molecule has 8 rings (SSSR count). The van der Waals surface area contributed by atoms with Gasteiger partial charge in [0, 0.05) is 9.86 Å². The van der Waals surface area contributed by atoms with Crippen LogP contribution < -0.4 is 0 Å². The second kappa shape index (κ2) is 9.15. The normalized spacial score (nSPS) is 12.0. The van der Waals surface area contributed by atoms with Crippen molar-refractivity contribution in [3.05, 3.63) is 129 Å². The van der Waals surface area contributed by atoms with Crippen LogP contribution in [0.25, 0.3) is 75.8 Å². The molecule has 0 aliphatic rings. The Balaban J connectivity index is 1.73. The van der Waals surface area contributed by atoms with Gasteiger partial charge in [-0.3, -0.25) is 0 Å². The highest BCUT2D eigenvalue weighted by molar-refractivity contribution is 9.10. The Morgan fingerprint density at radius 3 is 1.43 bits per heavy atom. The second-order valence-electron chi connectivity index (χ2n) is 12.2. The van der Waals surface area contributed by atoms with Crippen LogP contribution in [0, 0.1) is 34.6 Å². The Morgan fingerprint density at radius 2 is 0.857 bits per heavy atom. The Labute approximate surface area is 254 Å². The maximum Gasteiger partial charge on any atom is 0.0266 e. The smallest absolute Gasteiger partial charge is 0.0266 e. The number of rotatable bonds is 1. The molecule has 0 aliphatic heterocycles. The molecule has 0 nitrogen and oxygen atoms in total. The summed E-state index contributed by atoms with van der Waals surface area (Å²) in [7, 11) is 0. The molecule has 0 amide bonds. The molecular formula is C41H31Br. The molecule has 0 saturated heterocycles. The van der Waals surface area contributed by atoms with Crippen LogP contribution in [0.1, 0.15) is 27.8 Å². The van der Waals surface area contributed by atoms with Crippen molar-refractivity contribution < 1.29 is 0 Å². The van der Waals surface area contributed by atoms with Crippen molar-refractivity contribution in [3.8, 4) is 11.1 Å². The SMILES string of the molecule is Cc1cc(C)c2cc(-c3cc4c(C)cc(C)cc4c4c(Br)cc5ccccc5c34)c3c4ccccc4cc(C)c3c2c1. The van der Waals surface area contributed by atoms with E-state index in [1.54, 1.807) is 0 Å². The highest BCUT2D eigenvalue weighted by atomic mass is 79.9. The summed E-state index contributed by atoms with van der Waals surface area (Å²) >= 11 is 4.06. The molecule has 0 aliphatic carbocycles. The minimum Gasteiger partial charge on any atom is -0.0616 e. The van der Waals surface area contributed by atoms with Gasteiger partial charge in [-0.15, -0.1) is 0 Å². The zero-order valence-corrected chi connectivity index (χ0v) is 26.2. The van der Waals surface area contributed by atoms with Gasteiger partial charge in [0.25, 0.3) is 0 Å². The van der Waals surface area contributed by atoms with E-state index >= 15 is 0 Å². The molecule has 0 aromatic heterocycles. The van der Waals surface area contributed by atoms with Gasteiger partial charge in [-0.25, -0.2) is 0 Å². The number of halogens is 1. The summed E-state index contributed by atoms with van der Waals surface area (Å²) in [5.74, 6) is 0. The van der Waals surface area contributed by atoms with Crippen LogP contribution in [0.3, 0.4) is 0 Å². The van der Waals surface area contributed by atoms with Crippen molar-refractivity contribution in [3.63, 3.8) is 0 Å². The summed E-state index contributed by atoms with van der Waals surface area (Å²) in [6.07, 6.45) is 0. The van der Waals surface area contributed by atoms with Crippen molar-refractivity contribution >= 4 is 80.6 Å². The van der Waals surface area contributed by atoms with Gasteiger partial charge in [0.05, 0.1) is 0 Å². The van der Waals surface area contributed by atoms with Gasteiger partial charge in [0.15, 0.2) is 0 Å². The summed E-state index contributed by atoms with van der Waals surface area (Å²) < 4.78 is 1.14. The lowest BCUT2D eigenvalue weighted by Crippen LogP contribution is -1.95. The van der Waals surface area contributed by atoms with E-state index in [2.05, 4.69) is 148 Å². The van der Waals surface area contributed by atoms with E-state index in [1.807, 2.05) is 0 Å². The van der Waals surface area contributed by atoms with E-state index in [0.29, 0.717) is 0 Å². The molecule has 8 aromatic carbocycles. The molecule has 202 valence electrons. The highest BCUT2D eigenvalue weighted by Gasteiger charge is 2.21. The maximum absolute atomic E-state index is 4.06. The molecule has 0 atom stereocenters. The minimum absolute atomic E-state index is 1.14. The monoisotopic (exact) mass is 602 g/mol. The van der Waals surface area contributed by atoms with Crippen LogP contribution in [-0.2, 0) is 0 Å². The lowest BCUT2D eigenvalue weighted by Gasteiger charge is -2.21. The molecule has 1 heteroatoms. The fourth-order valence-corrected chi connectivity index (χ4v) is 8.24. The predicted octanol–water partition coefficient (Wildman–Crippen LogP) is 12.6. The third kappa shape index (κ3) is 3.60. The molecule has 0 saturated carbocycles. The second-order valence-corrected chi connectivity index (χ2v) is 13.1. The third-order valence-electron chi connectivity index (χ3n) is 9.25. The van der Waals surface area contributed by atoms with E-state index in [4.69, 9.17) is 0 Å². The van der Waals surface area contributed by atoms with Gasteiger partial charge in [-0.1, -0.05) is 106 Å². The summed E-state index contributed by atoms with van der Waals surface area (Å²) in [4.78, 5) is 0. The lowest BCUT2D eigenvalue weighted by molar-refractivity contribution is 1.43. The van der Waals surface area contributed by atoms with Crippen LogP contribution in [0.15, 0.2) is 102 Å². The molecule has 0 radical (unpaired) electrons. The van der Waals surface area contributed by atoms with Crippen LogP contribution in [-0.4, -0.2) is 0 Å². The molecule has 0 unspecified atom stereocenters. The first-order chi connectivity index (χ1) is 20.3. The molecule has 0 N–H and O–H groups in total. The Bertz CT molecular complexity index is 2290. The van der Waals surface area contributed by atoms with Crippen molar-refractivity contribution in [1.82, 2.24) is 0 Å². The van der Waals surface area contributed by atoms with Gasteiger partial charge in [0.1, 0.15) is 0 Å². The van der Waals surface area contributed by atoms with Crippen molar-refractivity contribution in [1.29, 1.82) is 0 Å². The van der Waals surface area contributed by atoms with E-state index in [0.717, 1.165) is 4.47 Å². The Morgan fingerprint density at radius 1 is 0.381 bits per heavy atom. The Hall–Kier alpha value is -4.20. The van der Waals surface area contributed by atoms with Crippen molar-refractivity contribution in [2.45, 2.75) is 34.6 Å². The molecule has 0 fully saturated rings. The number of hydrogen-bond acceptors (Lipinski definition) is 0. The summed E-state index contributed by atoms with van der Waals surface area (Å²) in [6.45, 7) is 11.2. The lowest BCUT2D eigenvalue weighted by atomic mass is 9.83. The van der Waals surface area contributed by atoms with Crippen LogP contribution in [0.5, 0.6) is 0 Å². The first kappa shape index (κ1) is 25.5. The van der Waals surface area contributed by atoms with Crippen molar-refractivity contribution in [2.75, 3.05) is 0 Å². The summed E-state index contributed by atoms with van der Waals surface area (Å²) in [6, 6.07) is 36.8. The molecule has 42 heavy (non-hydrogen) atoms. The van der Waals surface area contributed by atoms with Gasteiger partial charge in [0.2, 0.25) is 0 Å². The van der Waals surface area contributed by atoms with E-state index in [-0.39, 0.29) is 0 Å². The van der Waals surface area contributed by atoms with Crippen molar-refractivity contribution in [2.24, 2.45) is 0 Å². The minimum atomic E-state index is 1.14. The zero-order valence-electron chi connectivity index (χ0n) is 24.6. The molecule has 0 spiro atoms. The largest absolute Gasteiger partial charge is 0.0616 e. The predicted molar refractivity (Wildman–Crippen MR) is 188 cm³/mol. The molecule has 0 bridgehead atoms. The highest BCUT2D eigenvalue weighted by Crippen LogP contribution is 2.48. The van der Waals surface area contributed by atoms with Gasteiger partial charge in [-0.05, 0) is 140 Å². The van der Waals surface area contributed by atoms with Crippen LogP contribution in [0.2, 0.25) is 0 Å². The molecule has 0 heterocycles. The number of fused-ring (bicyclic) bond motifs is 10. The van der Waals surface area contributed by atoms with E-state index in [9.17, 15) is 0 Å². The number of aryl methyl sites for hydroxylation is 5. The zero-order chi connectivity index (χ0) is 28.9. The summed E-state index contributed by atoms with van der Waals surface area (Å²) in [5, 5.41) is 15.7. The maximum atomic E-state index is 4.06. The quantitative estimate of drug-likeness (QED) is 0.164. The topological polar surface area (TPSA) is 0 Å². The first-order valence-electron chi connectivity index (χ1n) is 14.7. The van der Waals surface area contributed by atoms with Gasteiger partial charge in [-0.2, -0.15) is 0 Å².